The Bertz CT molecular complexity index is 74.5. The number of unbranched alkanes of at least 4 members (excludes halogenated alkanes) is 2. The Hall–Kier alpha value is -0.0800. The number of hydrogen-bond acceptors (Lipinski definition) is 1. The Labute approximate surface area is 84.2 Å². The summed E-state index contributed by atoms with van der Waals surface area (Å²) in [6.07, 6.45) is 5.61. The number of nitrogens with two attached hydrogens (primary N) is 1. The molecule has 1 unspecified atom stereocenters. The molecular weight excluding hydrogens is 162 g/mol. The molecule has 0 radical (unpaired) electrons. The zero-order valence-corrected chi connectivity index (χ0v) is 10.1. The third-order valence-corrected chi connectivity index (χ3v) is 2.40. The molecule has 2 heteroatoms. The van der Waals surface area contributed by atoms with Crippen LogP contribution in [0.25, 0.3) is 0 Å². The highest BCUT2D eigenvalue weighted by atomic mass is 16.0. The van der Waals surface area contributed by atoms with Crippen molar-refractivity contribution < 1.29 is 5.48 Å². The third-order valence-electron chi connectivity index (χ3n) is 2.40. The molecule has 0 aliphatic rings. The molecule has 0 heterocycles. The van der Waals surface area contributed by atoms with E-state index in [0.29, 0.717) is 0 Å². The second kappa shape index (κ2) is 14.4. The van der Waals surface area contributed by atoms with Gasteiger partial charge < -0.3 is 11.2 Å². The van der Waals surface area contributed by atoms with Crippen LogP contribution in [-0.2, 0) is 0 Å². The predicted octanol–water partition coefficient (Wildman–Crippen LogP) is 2.61. The van der Waals surface area contributed by atoms with Gasteiger partial charge in [0.1, 0.15) is 0 Å². The summed E-state index contributed by atoms with van der Waals surface area (Å²) in [7, 11) is 1.50. The van der Waals surface area contributed by atoms with Crippen molar-refractivity contribution in [1.29, 1.82) is 0 Å². The summed E-state index contributed by atoms with van der Waals surface area (Å²) in [6, 6.07) is 0. The summed E-state index contributed by atoms with van der Waals surface area (Å²) < 4.78 is 0. The van der Waals surface area contributed by atoms with Crippen LogP contribution in [0.3, 0.4) is 0 Å². The summed E-state index contributed by atoms with van der Waals surface area (Å²) in [5, 5.41) is 0. The smallest absolute Gasteiger partial charge is 0.0195 e. The summed E-state index contributed by atoms with van der Waals surface area (Å²) in [5.41, 5.74) is 4.50. The first-order valence-electron chi connectivity index (χ1n) is 5.26. The average molecular weight is 191 g/mol. The van der Waals surface area contributed by atoms with E-state index in [-0.39, 0.29) is 5.48 Å². The molecule has 1 atom stereocenters. The minimum absolute atomic E-state index is 0. The first kappa shape index (κ1) is 18.7. The van der Waals surface area contributed by atoms with E-state index < -0.39 is 0 Å². The van der Waals surface area contributed by atoms with Crippen LogP contribution in [0, 0.1) is 11.8 Å². The van der Waals surface area contributed by atoms with Gasteiger partial charge in [-0.2, -0.15) is 0 Å². The highest BCUT2D eigenvalue weighted by Crippen LogP contribution is 2.17. The normalized spacial score (nSPS) is 11.3. The van der Waals surface area contributed by atoms with E-state index in [1.165, 1.54) is 32.7 Å². The summed E-state index contributed by atoms with van der Waals surface area (Å²) in [5.74, 6) is 1.79. The van der Waals surface area contributed by atoms with Gasteiger partial charge in [0, 0.05) is 0 Å². The maximum absolute atomic E-state index is 4.50. The molecule has 0 aliphatic heterocycles. The maximum atomic E-state index is 4.50. The molecule has 0 fully saturated rings. The molecule has 0 aliphatic carbocycles. The van der Waals surface area contributed by atoms with Crippen LogP contribution in [-0.4, -0.2) is 12.5 Å². The van der Waals surface area contributed by atoms with Gasteiger partial charge in [-0.3, -0.25) is 0 Å². The number of hydrogen-bond donors (Lipinski definition) is 1. The largest absolute Gasteiger partial charge is 0.412 e. The first-order valence-corrected chi connectivity index (χ1v) is 5.26. The monoisotopic (exact) mass is 191 g/mol. The fourth-order valence-electron chi connectivity index (χ4n) is 1.05. The van der Waals surface area contributed by atoms with E-state index in [1.807, 2.05) is 0 Å². The van der Waals surface area contributed by atoms with Gasteiger partial charge in [0.2, 0.25) is 0 Å². The maximum Gasteiger partial charge on any atom is -0.0195 e. The van der Waals surface area contributed by atoms with Gasteiger partial charge in [0.15, 0.2) is 0 Å². The van der Waals surface area contributed by atoms with Crippen molar-refractivity contribution in [1.82, 2.24) is 0 Å². The average Bonchev–Trinajstić information content (AvgIpc) is 2.08. The van der Waals surface area contributed by atoms with Gasteiger partial charge in [0.05, 0.1) is 0 Å². The van der Waals surface area contributed by atoms with Crippen molar-refractivity contribution in [2.24, 2.45) is 17.6 Å². The van der Waals surface area contributed by atoms with E-state index in [2.05, 4.69) is 33.4 Å². The molecule has 0 saturated heterocycles. The molecule has 0 aromatic carbocycles. The Morgan fingerprint density at radius 3 is 1.77 bits per heavy atom. The van der Waals surface area contributed by atoms with Crippen molar-refractivity contribution in [3.63, 3.8) is 0 Å². The molecule has 13 heavy (non-hydrogen) atoms. The minimum atomic E-state index is 0. The molecule has 0 bridgehead atoms. The Morgan fingerprint density at radius 1 is 1.00 bits per heavy atom. The summed E-state index contributed by atoms with van der Waals surface area (Å²) >= 11 is 0. The fraction of sp³-hybridized carbons (Fsp3) is 1.00. The lowest BCUT2D eigenvalue weighted by molar-refractivity contribution is 0.377. The molecule has 0 aromatic rings. The van der Waals surface area contributed by atoms with E-state index in [1.54, 1.807) is 0 Å². The molecular formula is C11H29NO. The van der Waals surface area contributed by atoms with E-state index in [4.69, 9.17) is 0 Å². The molecule has 0 saturated carbocycles. The molecule has 0 spiro atoms. The van der Waals surface area contributed by atoms with Crippen LogP contribution < -0.4 is 5.73 Å². The minimum Gasteiger partial charge on any atom is -0.412 e. The second-order valence-electron chi connectivity index (χ2n) is 3.72. The van der Waals surface area contributed by atoms with Gasteiger partial charge in [-0.15, -0.1) is 0 Å². The lowest BCUT2D eigenvalue weighted by Gasteiger charge is -2.14. The highest BCUT2D eigenvalue weighted by Gasteiger charge is 2.04. The third kappa shape index (κ3) is 14.7. The van der Waals surface area contributed by atoms with Crippen molar-refractivity contribution in [2.75, 3.05) is 7.05 Å². The fourth-order valence-corrected chi connectivity index (χ4v) is 1.05. The van der Waals surface area contributed by atoms with Crippen LogP contribution >= 0.6 is 0 Å². The van der Waals surface area contributed by atoms with Crippen LogP contribution in [0.1, 0.15) is 53.4 Å². The summed E-state index contributed by atoms with van der Waals surface area (Å²) in [6.45, 7) is 9.26. The van der Waals surface area contributed by atoms with Gasteiger partial charge in [0.25, 0.3) is 0 Å². The quantitative estimate of drug-likeness (QED) is 0.667. The van der Waals surface area contributed by atoms with E-state index in [9.17, 15) is 0 Å². The van der Waals surface area contributed by atoms with E-state index >= 15 is 0 Å². The summed E-state index contributed by atoms with van der Waals surface area (Å²) in [4.78, 5) is 0. The molecule has 0 aromatic heterocycles. The second-order valence-corrected chi connectivity index (χ2v) is 3.72. The zero-order chi connectivity index (χ0) is 9.98. The lowest BCUT2D eigenvalue weighted by Crippen LogP contribution is -2.02. The van der Waals surface area contributed by atoms with E-state index in [0.717, 1.165) is 11.8 Å². The van der Waals surface area contributed by atoms with Crippen molar-refractivity contribution in [3.05, 3.63) is 0 Å². The molecule has 0 rings (SSSR count). The Balaban J connectivity index is -0.000000309. The molecule has 4 N–H and O–H groups in total. The lowest BCUT2D eigenvalue weighted by atomic mass is 9.92. The van der Waals surface area contributed by atoms with Crippen LogP contribution in [0.15, 0.2) is 0 Å². The van der Waals surface area contributed by atoms with Gasteiger partial charge in [-0.05, 0) is 18.9 Å². The highest BCUT2D eigenvalue weighted by molar-refractivity contribution is 4.56. The zero-order valence-electron chi connectivity index (χ0n) is 10.1. The predicted molar refractivity (Wildman–Crippen MR) is 61.9 cm³/mol. The number of rotatable bonds is 5. The van der Waals surface area contributed by atoms with Gasteiger partial charge in [-0.1, -0.05) is 53.4 Å². The van der Waals surface area contributed by atoms with Crippen LogP contribution in [0.5, 0.6) is 0 Å². The SMILES string of the molecule is CCCCCC(C)C(C)C.CN.O. The van der Waals surface area contributed by atoms with Gasteiger partial charge in [-0.25, -0.2) is 0 Å². The van der Waals surface area contributed by atoms with Crippen LogP contribution in [0.2, 0.25) is 0 Å². The molecule has 2 nitrogen and oxygen atoms in total. The first-order chi connectivity index (χ1) is 5.68. The Morgan fingerprint density at radius 2 is 1.46 bits per heavy atom. The van der Waals surface area contributed by atoms with Crippen molar-refractivity contribution >= 4 is 0 Å². The van der Waals surface area contributed by atoms with Crippen LogP contribution in [0.4, 0.5) is 0 Å². The van der Waals surface area contributed by atoms with Crippen molar-refractivity contribution in [2.45, 2.75) is 53.4 Å². The molecule has 84 valence electrons. The Kier molecular flexibility index (Phi) is 20.7. The topological polar surface area (TPSA) is 57.5 Å². The van der Waals surface area contributed by atoms with Crippen molar-refractivity contribution in [3.8, 4) is 0 Å². The van der Waals surface area contributed by atoms with Gasteiger partial charge >= 0.3 is 0 Å². The molecule has 0 amide bonds. The standard InChI is InChI=1S/C10H22.CH5N.H2O/c1-5-6-7-8-10(4)9(2)3;1-2;/h9-10H,5-8H2,1-4H3;2H2,1H3;1H2.